The van der Waals surface area contributed by atoms with Crippen LogP contribution < -0.4 is 4.90 Å². The molecule has 1 heterocycles. The highest BCUT2D eigenvalue weighted by atomic mass is 35.5. The van der Waals surface area contributed by atoms with Crippen LogP contribution in [0.4, 0.5) is 10.1 Å². The number of benzene rings is 2. The number of rotatable bonds is 1. The molecule has 0 N–H and O–H groups in total. The van der Waals surface area contributed by atoms with Crippen LogP contribution in [0.1, 0.15) is 11.1 Å². The van der Waals surface area contributed by atoms with E-state index < -0.39 is 5.82 Å². The van der Waals surface area contributed by atoms with Crippen molar-refractivity contribution < 1.29 is 9.18 Å². The van der Waals surface area contributed by atoms with Crippen LogP contribution >= 0.6 is 11.6 Å². The molecule has 0 aromatic heterocycles. The van der Waals surface area contributed by atoms with Crippen LogP contribution in [0.15, 0.2) is 42.5 Å². The number of nitrogens with zero attached hydrogens (tertiary/aromatic N) is 1. The molecule has 0 aliphatic carbocycles. The highest BCUT2D eigenvalue weighted by Gasteiger charge is 2.32. The molecule has 0 saturated heterocycles. The van der Waals surface area contributed by atoms with Gasteiger partial charge in [-0.2, -0.15) is 0 Å². The molecule has 2 aromatic carbocycles. The third kappa shape index (κ3) is 2.00. The Bertz CT molecular complexity index is 725. The first-order chi connectivity index (χ1) is 9.58. The van der Waals surface area contributed by atoms with Gasteiger partial charge in [0.15, 0.2) is 0 Å². The predicted octanol–water partition coefficient (Wildman–Crippen LogP) is 4.00. The van der Waals surface area contributed by atoms with Crippen molar-refractivity contribution in [2.45, 2.75) is 0 Å². The Hall–Kier alpha value is -2.13. The summed E-state index contributed by atoms with van der Waals surface area (Å²) in [5, 5.41) is 0.243. The molecule has 0 saturated carbocycles. The Kier molecular flexibility index (Phi) is 3.07. The lowest BCUT2D eigenvalue weighted by Gasteiger charge is -2.10. The van der Waals surface area contributed by atoms with Gasteiger partial charge in [-0.1, -0.05) is 41.9 Å². The van der Waals surface area contributed by atoms with E-state index in [-0.39, 0.29) is 10.9 Å². The molecule has 0 atom stereocenters. The van der Waals surface area contributed by atoms with Gasteiger partial charge in [-0.05, 0) is 23.8 Å². The molecule has 0 fully saturated rings. The molecule has 1 aliphatic rings. The highest BCUT2D eigenvalue weighted by molar-refractivity contribution is 6.41. The van der Waals surface area contributed by atoms with Crippen LogP contribution in [0.5, 0.6) is 0 Å². The van der Waals surface area contributed by atoms with Crippen molar-refractivity contribution in [1.29, 1.82) is 0 Å². The van der Waals surface area contributed by atoms with E-state index in [9.17, 15) is 9.18 Å². The molecule has 0 unspecified atom stereocenters. The molecular formula is C16H11ClFNO. The van der Waals surface area contributed by atoms with Crippen LogP contribution in [0.3, 0.4) is 0 Å². The Labute approximate surface area is 121 Å². The zero-order valence-corrected chi connectivity index (χ0v) is 11.5. The second-order valence-corrected chi connectivity index (χ2v) is 5.02. The fraction of sp³-hybridized carbons (Fsp3) is 0.0625. The van der Waals surface area contributed by atoms with Gasteiger partial charge in [0.2, 0.25) is 0 Å². The molecule has 2 nitrogen and oxygen atoms in total. The number of fused-ring (bicyclic) bond motifs is 1. The predicted molar refractivity (Wildman–Crippen MR) is 79.1 cm³/mol. The maximum Gasteiger partial charge on any atom is 0.258 e. The molecule has 4 heteroatoms. The zero-order valence-electron chi connectivity index (χ0n) is 10.7. The quantitative estimate of drug-likeness (QED) is 0.726. The standard InChI is InChI=1S/C16H11ClFNO/c1-19-15-12(8-11(18)9-14(15)17)13(16(19)20)7-10-5-3-2-4-6-10/h2-9H,1H3/b13-7+. The monoisotopic (exact) mass is 287 g/mol. The molecule has 0 spiro atoms. The first kappa shape index (κ1) is 12.9. The molecule has 100 valence electrons. The number of likely N-dealkylation sites (N-methyl/N-ethyl adjacent to an activating group) is 1. The summed E-state index contributed by atoms with van der Waals surface area (Å²) in [5.41, 5.74) is 2.43. The van der Waals surface area contributed by atoms with Crippen molar-refractivity contribution in [2.24, 2.45) is 0 Å². The van der Waals surface area contributed by atoms with Gasteiger partial charge in [0.25, 0.3) is 5.91 Å². The molecule has 1 amide bonds. The summed E-state index contributed by atoms with van der Waals surface area (Å²) in [7, 11) is 1.64. The lowest BCUT2D eigenvalue weighted by molar-refractivity contribution is -0.112. The topological polar surface area (TPSA) is 20.3 Å². The summed E-state index contributed by atoms with van der Waals surface area (Å²) in [6, 6.07) is 12.0. The zero-order chi connectivity index (χ0) is 14.3. The summed E-state index contributed by atoms with van der Waals surface area (Å²) < 4.78 is 13.5. The van der Waals surface area contributed by atoms with E-state index in [1.54, 1.807) is 13.1 Å². The maximum atomic E-state index is 13.5. The molecule has 2 aromatic rings. The fourth-order valence-electron chi connectivity index (χ4n) is 2.37. The lowest BCUT2D eigenvalue weighted by atomic mass is 10.0. The average Bonchev–Trinajstić information content (AvgIpc) is 2.65. The third-order valence-electron chi connectivity index (χ3n) is 3.30. The van der Waals surface area contributed by atoms with Crippen molar-refractivity contribution in [1.82, 2.24) is 0 Å². The van der Waals surface area contributed by atoms with Gasteiger partial charge in [-0.15, -0.1) is 0 Å². The van der Waals surface area contributed by atoms with Gasteiger partial charge in [0.05, 0.1) is 10.7 Å². The van der Waals surface area contributed by atoms with Gasteiger partial charge in [0.1, 0.15) is 5.82 Å². The SMILES string of the molecule is CN1C(=O)/C(=C/c2ccccc2)c2cc(F)cc(Cl)c21. The lowest BCUT2D eigenvalue weighted by Crippen LogP contribution is -2.20. The van der Waals surface area contributed by atoms with Gasteiger partial charge in [-0.3, -0.25) is 4.79 Å². The third-order valence-corrected chi connectivity index (χ3v) is 3.59. The first-order valence-electron chi connectivity index (χ1n) is 6.12. The summed E-state index contributed by atoms with van der Waals surface area (Å²) in [5.74, 6) is -0.632. The number of amides is 1. The fourth-order valence-corrected chi connectivity index (χ4v) is 2.70. The highest BCUT2D eigenvalue weighted by Crippen LogP contribution is 2.42. The Balaban J connectivity index is 2.21. The van der Waals surface area contributed by atoms with E-state index in [1.165, 1.54) is 17.0 Å². The average molecular weight is 288 g/mol. The van der Waals surface area contributed by atoms with E-state index in [2.05, 4.69) is 0 Å². The van der Waals surface area contributed by atoms with E-state index in [0.29, 0.717) is 16.8 Å². The van der Waals surface area contributed by atoms with Crippen LogP contribution in [0.2, 0.25) is 5.02 Å². The van der Waals surface area contributed by atoms with Crippen molar-refractivity contribution in [3.63, 3.8) is 0 Å². The minimum atomic E-state index is -0.448. The smallest absolute Gasteiger partial charge is 0.258 e. The first-order valence-corrected chi connectivity index (χ1v) is 6.50. The van der Waals surface area contributed by atoms with Crippen molar-refractivity contribution >= 4 is 34.8 Å². The van der Waals surface area contributed by atoms with Crippen LogP contribution in [-0.4, -0.2) is 13.0 Å². The van der Waals surface area contributed by atoms with Crippen molar-refractivity contribution in [3.05, 3.63) is 64.4 Å². The minimum absolute atomic E-state index is 0.184. The molecular weight excluding hydrogens is 277 g/mol. The summed E-state index contributed by atoms with van der Waals surface area (Å²) >= 11 is 6.04. The second-order valence-electron chi connectivity index (χ2n) is 4.62. The Morgan fingerprint density at radius 2 is 1.90 bits per heavy atom. The number of hydrogen-bond acceptors (Lipinski definition) is 1. The van der Waals surface area contributed by atoms with Gasteiger partial charge in [0, 0.05) is 18.2 Å². The number of carbonyl (C=O) groups excluding carboxylic acids is 1. The number of hydrogen-bond donors (Lipinski definition) is 0. The molecule has 3 rings (SSSR count). The van der Waals surface area contributed by atoms with E-state index >= 15 is 0 Å². The molecule has 1 aliphatic heterocycles. The number of anilines is 1. The normalized spacial score (nSPS) is 15.8. The number of carbonyl (C=O) groups is 1. The van der Waals surface area contributed by atoms with Gasteiger partial charge < -0.3 is 4.90 Å². The van der Waals surface area contributed by atoms with E-state index in [0.717, 1.165) is 5.56 Å². The summed E-state index contributed by atoms with van der Waals surface area (Å²) in [6.07, 6.45) is 1.75. The van der Waals surface area contributed by atoms with Crippen LogP contribution in [-0.2, 0) is 4.79 Å². The van der Waals surface area contributed by atoms with Crippen molar-refractivity contribution in [2.75, 3.05) is 11.9 Å². The Morgan fingerprint density at radius 3 is 2.60 bits per heavy atom. The van der Waals surface area contributed by atoms with E-state index in [4.69, 9.17) is 11.6 Å². The molecule has 20 heavy (non-hydrogen) atoms. The second kappa shape index (κ2) is 4.76. The van der Waals surface area contributed by atoms with Crippen LogP contribution in [0.25, 0.3) is 11.6 Å². The minimum Gasteiger partial charge on any atom is -0.309 e. The van der Waals surface area contributed by atoms with E-state index in [1.807, 2.05) is 30.3 Å². The molecule has 0 bridgehead atoms. The summed E-state index contributed by atoms with van der Waals surface area (Å²) in [4.78, 5) is 13.8. The Morgan fingerprint density at radius 1 is 1.20 bits per heavy atom. The van der Waals surface area contributed by atoms with Gasteiger partial charge in [-0.25, -0.2) is 4.39 Å². The van der Waals surface area contributed by atoms with Gasteiger partial charge >= 0.3 is 0 Å². The number of halogens is 2. The largest absolute Gasteiger partial charge is 0.309 e. The van der Waals surface area contributed by atoms with Crippen LogP contribution in [0, 0.1) is 5.82 Å². The summed E-state index contributed by atoms with van der Waals surface area (Å²) in [6.45, 7) is 0. The van der Waals surface area contributed by atoms with Crippen molar-refractivity contribution in [3.8, 4) is 0 Å². The maximum absolute atomic E-state index is 13.5. The molecule has 0 radical (unpaired) electrons.